The van der Waals surface area contributed by atoms with Crippen LogP contribution in [0.15, 0.2) is 30.3 Å². The molecule has 3 rings (SSSR count). The minimum absolute atomic E-state index is 0.0810. The van der Waals surface area contributed by atoms with E-state index in [1.165, 1.54) is 0 Å². The van der Waals surface area contributed by atoms with E-state index < -0.39 is 0 Å². The van der Waals surface area contributed by atoms with Gasteiger partial charge in [-0.25, -0.2) is 0 Å². The van der Waals surface area contributed by atoms with Crippen molar-refractivity contribution in [1.82, 2.24) is 5.32 Å². The Labute approximate surface area is 101 Å². The SMILES string of the molecule is O=C(NCc1ccccc1)[C@H]1C[C@@H]2CC[C@H]1O2. The largest absolute Gasteiger partial charge is 0.374 e. The van der Waals surface area contributed by atoms with Gasteiger partial charge in [-0.3, -0.25) is 4.79 Å². The van der Waals surface area contributed by atoms with Gasteiger partial charge >= 0.3 is 0 Å². The number of amides is 1. The average molecular weight is 231 g/mol. The molecule has 1 aromatic carbocycles. The number of fused-ring (bicyclic) bond motifs is 2. The number of hydrogen-bond acceptors (Lipinski definition) is 2. The monoisotopic (exact) mass is 231 g/mol. The third-order valence-corrected chi connectivity index (χ3v) is 3.75. The van der Waals surface area contributed by atoms with E-state index >= 15 is 0 Å². The fourth-order valence-electron chi connectivity index (χ4n) is 2.83. The third kappa shape index (κ3) is 2.20. The molecule has 90 valence electrons. The molecule has 0 aromatic heterocycles. The van der Waals surface area contributed by atoms with Crippen molar-refractivity contribution in [3.63, 3.8) is 0 Å². The van der Waals surface area contributed by atoms with E-state index in [9.17, 15) is 4.79 Å². The van der Waals surface area contributed by atoms with Gasteiger partial charge in [0.05, 0.1) is 18.1 Å². The lowest BCUT2D eigenvalue weighted by Gasteiger charge is -2.17. The molecule has 2 saturated heterocycles. The minimum Gasteiger partial charge on any atom is -0.374 e. The van der Waals surface area contributed by atoms with Gasteiger partial charge in [0.2, 0.25) is 5.91 Å². The maximum Gasteiger partial charge on any atom is 0.226 e. The molecule has 2 aliphatic heterocycles. The van der Waals surface area contributed by atoms with E-state index in [-0.39, 0.29) is 17.9 Å². The highest BCUT2D eigenvalue weighted by Crippen LogP contribution is 2.38. The summed E-state index contributed by atoms with van der Waals surface area (Å²) in [7, 11) is 0. The summed E-state index contributed by atoms with van der Waals surface area (Å²) < 4.78 is 5.70. The Kier molecular flexibility index (Phi) is 2.85. The smallest absolute Gasteiger partial charge is 0.226 e. The zero-order valence-corrected chi connectivity index (χ0v) is 9.76. The minimum atomic E-state index is 0.0810. The van der Waals surface area contributed by atoms with Crippen LogP contribution in [-0.4, -0.2) is 18.1 Å². The number of benzene rings is 1. The molecule has 1 amide bonds. The van der Waals surface area contributed by atoms with Gasteiger partial charge in [-0.2, -0.15) is 0 Å². The molecule has 0 aliphatic carbocycles. The van der Waals surface area contributed by atoms with E-state index in [2.05, 4.69) is 5.32 Å². The molecule has 1 N–H and O–H groups in total. The molecular weight excluding hydrogens is 214 g/mol. The van der Waals surface area contributed by atoms with Crippen LogP contribution in [-0.2, 0) is 16.1 Å². The third-order valence-electron chi connectivity index (χ3n) is 3.75. The van der Waals surface area contributed by atoms with Crippen LogP contribution in [0.4, 0.5) is 0 Å². The van der Waals surface area contributed by atoms with Gasteiger partial charge in [-0.1, -0.05) is 30.3 Å². The van der Waals surface area contributed by atoms with Crippen molar-refractivity contribution in [3.05, 3.63) is 35.9 Å². The van der Waals surface area contributed by atoms with Crippen LogP contribution in [0.3, 0.4) is 0 Å². The lowest BCUT2D eigenvalue weighted by atomic mass is 9.88. The highest BCUT2D eigenvalue weighted by atomic mass is 16.5. The van der Waals surface area contributed by atoms with Gasteiger partial charge in [0.1, 0.15) is 0 Å². The zero-order chi connectivity index (χ0) is 11.7. The summed E-state index contributed by atoms with van der Waals surface area (Å²) in [5, 5.41) is 3.01. The maximum atomic E-state index is 12.0. The van der Waals surface area contributed by atoms with Crippen LogP contribution in [0.5, 0.6) is 0 Å². The summed E-state index contributed by atoms with van der Waals surface area (Å²) in [5.41, 5.74) is 1.14. The van der Waals surface area contributed by atoms with Crippen molar-refractivity contribution in [2.45, 2.75) is 38.0 Å². The second-order valence-electron chi connectivity index (χ2n) is 4.92. The molecule has 2 aliphatic rings. The van der Waals surface area contributed by atoms with Crippen molar-refractivity contribution in [3.8, 4) is 0 Å². The van der Waals surface area contributed by atoms with Crippen molar-refractivity contribution >= 4 is 5.91 Å². The Morgan fingerprint density at radius 1 is 1.29 bits per heavy atom. The first-order valence-corrected chi connectivity index (χ1v) is 6.30. The first kappa shape index (κ1) is 10.8. The number of carbonyl (C=O) groups excluding carboxylic acids is 1. The average Bonchev–Trinajstić information content (AvgIpc) is 2.99. The normalized spacial score (nSPS) is 30.5. The number of rotatable bonds is 3. The Morgan fingerprint density at radius 2 is 2.12 bits per heavy atom. The summed E-state index contributed by atoms with van der Waals surface area (Å²) >= 11 is 0. The topological polar surface area (TPSA) is 38.3 Å². The highest BCUT2D eigenvalue weighted by Gasteiger charge is 2.44. The number of ether oxygens (including phenoxy) is 1. The summed E-state index contributed by atoms with van der Waals surface area (Å²) in [5.74, 6) is 0.235. The number of nitrogens with one attached hydrogen (secondary N) is 1. The molecule has 2 bridgehead atoms. The van der Waals surface area contributed by atoms with Gasteiger partial charge in [-0.05, 0) is 24.8 Å². The van der Waals surface area contributed by atoms with Crippen LogP contribution in [0, 0.1) is 5.92 Å². The Bertz CT molecular complexity index is 404. The Balaban J connectivity index is 1.54. The van der Waals surface area contributed by atoms with Crippen molar-refractivity contribution < 1.29 is 9.53 Å². The molecule has 0 unspecified atom stereocenters. The van der Waals surface area contributed by atoms with E-state index in [0.29, 0.717) is 12.6 Å². The predicted octanol–water partition coefficient (Wildman–Crippen LogP) is 1.87. The standard InChI is InChI=1S/C14H17NO2/c16-14(12-8-11-6-7-13(12)17-11)15-9-10-4-2-1-3-5-10/h1-5,11-13H,6-9H2,(H,15,16)/t11-,12-,13+/m0/s1. The van der Waals surface area contributed by atoms with Crippen LogP contribution < -0.4 is 5.32 Å². The summed E-state index contributed by atoms with van der Waals surface area (Å²) in [4.78, 5) is 12.0. The van der Waals surface area contributed by atoms with E-state index in [1.54, 1.807) is 0 Å². The summed E-state index contributed by atoms with van der Waals surface area (Å²) in [6, 6.07) is 10.0. The van der Waals surface area contributed by atoms with E-state index in [1.807, 2.05) is 30.3 Å². The van der Waals surface area contributed by atoms with Gasteiger partial charge in [0.25, 0.3) is 0 Å². The van der Waals surface area contributed by atoms with Crippen LogP contribution in [0.25, 0.3) is 0 Å². The van der Waals surface area contributed by atoms with Crippen molar-refractivity contribution in [2.75, 3.05) is 0 Å². The molecule has 0 saturated carbocycles. The Hall–Kier alpha value is -1.35. The lowest BCUT2D eigenvalue weighted by molar-refractivity contribution is -0.126. The quantitative estimate of drug-likeness (QED) is 0.862. The molecule has 1 aromatic rings. The fraction of sp³-hybridized carbons (Fsp3) is 0.500. The second kappa shape index (κ2) is 4.49. The molecular formula is C14H17NO2. The summed E-state index contributed by atoms with van der Waals surface area (Å²) in [6.45, 7) is 0.619. The molecule has 0 radical (unpaired) electrons. The van der Waals surface area contributed by atoms with Gasteiger partial charge in [0, 0.05) is 6.54 Å². The zero-order valence-electron chi connectivity index (χ0n) is 9.76. The maximum absolute atomic E-state index is 12.0. The molecule has 3 heteroatoms. The van der Waals surface area contributed by atoms with Crippen LogP contribution >= 0.6 is 0 Å². The molecule has 2 fully saturated rings. The number of carbonyl (C=O) groups is 1. The molecule has 3 atom stereocenters. The second-order valence-corrected chi connectivity index (χ2v) is 4.92. The van der Waals surface area contributed by atoms with Crippen molar-refractivity contribution in [1.29, 1.82) is 0 Å². The predicted molar refractivity (Wildman–Crippen MR) is 64.3 cm³/mol. The summed E-state index contributed by atoms with van der Waals surface area (Å²) in [6.07, 6.45) is 3.61. The van der Waals surface area contributed by atoms with Gasteiger partial charge < -0.3 is 10.1 Å². The van der Waals surface area contributed by atoms with Gasteiger partial charge in [0.15, 0.2) is 0 Å². The highest BCUT2D eigenvalue weighted by molar-refractivity contribution is 5.79. The first-order chi connectivity index (χ1) is 8.33. The van der Waals surface area contributed by atoms with Crippen molar-refractivity contribution in [2.24, 2.45) is 5.92 Å². The van der Waals surface area contributed by atoms with E-state index in [0.717, 1.165) is 24.8 Å². The van der Waals surface area contributed by atoms with Crippen LogP contribution in [0.2, 0.25) is 0 Å². The first-order valence-electron chi connectivity index (χ1n) is 6.30. The fourth-order valence-corrected chi connectivity index (χ4v) is 2.83. The van der Waals surface area contributed by atoms with E-state index in [4.69, 9.17) is 4.74 Å². The molecule has 2 heterocycles. The number of hydrogen-bond donors (Lipinski definition) is 1. The Morgan fingerprint density at radius 3 is 2.76 bits per heavy atom. The molecule has 0 spiro atoms. The molecule has 17 heavy (non-hydrogen) atoms. The lowest BCUT2D eigenvalue weighted by Crippen LogP contribution is -2.35. The van der Waals surface area contributed by atoms with Gasteiger partial charge in [-0.15, -0.1) is 0 Å². The molecule has 3 nitrogen and oxygen atoms in total. The van der Waals surface area contributed by atoms with Crippen LogP contribution in [0.1, 0.15) is 24.8 Å².